The molecule has 0 saturated carbocycles. The Bertz CT molecular complexity index is 8.49. The van der Waals surface area contributed by atoms with Crippen LogP contribution in [0.25, 0.3) is 0 Å². The van der Waals surface area contributed by atoms with Crippen LogP contribution in [-0.2, 0) is 19.5 Å². The normalized spacial score (nSPS) is 3.75. The fraction of sp³-hybridized carbons (Fsp3) is 0.500. The maximum atomic E-state index is 7.46. The molecule has 0 heterocycles. The van der Waals surface area contributed by atoms with Crippen molar-refractivity contribution < 1.29 is 24.6 Å². The maximum absolute atomic E-state index is 7.46. The third-order valence-electron chi connectivity index (χ3n) is 0. The summed E-state index contributed by atoms with van der Waals surface area (Å²) in [5.74, 6) is 0. The van der Waals surface area contributed by atoms with Gasteiger partial charge in [0.1, 0.15) is 0 Å². The fourth-order valence-electron chi connectivity index (χ4n) is 0. The number of aliphatic hydroxyl groups is 1. The molecule has 0 spiro atoms. The van der Waals surface area contributed by atoms with Gasteiger partial charge in [-0.3, -0.25) is 0 Å². The molecule has 0 aromatic rings. The SMILES string of the molecule is [CH2-]C.[CH2-]C.[CH2-]CO.[Zn]. The first-order valence-corrected chi connectivity index (χ1v) is 2.23. The molecule has 0 radical (unpaired) electrons. The predicted molar refractivity (Wildman–Crippen MR) is 34.5 cm³/mol. The molecule has 0 saturated heterocycles. The Morgan fingerprint density at radius 1 is 1.12 bits per heavy atom. The van der Waals surface area contributed by atoms with Gasteiger partial charge in [0.2, 0.25) is 0 Å². The van der Waals surface area contributed by atoms with Gasteiger partial charge in [0, 0.05) is 19.5 Å². The summed E-state index contributed by atoms with van der Waals surface area (Å²) >= 11 is 0. The fourth-order valence-corrected chi connectivity index (χ4v) is 0. The van der Waals surface area contributed by atoms with Gasteiger partial charge in [-0.15, -0.1) is 0 Å². The van der Waals surface area contributed by atoms with E-state index in [4.69, 9.17) is 5.11 Å². The topological polar surface area (TPSA) is 20.2 Å². The van der Waals surface area contributed by atoms with Crippen LogP contribution in [0.3, 0.4) is 0 Å². The van der Waals surface area contributed by atoms with E-state index in [9.17, 15) is 0 Å². The number of hydrogen-bond donors (Lipinski definition) is 1. The molecule has 0 aromatic carbocycles. The van der Waals surface area contributed by atoms with Gasteiger partial charge in [0.25, 0.3) is 0 Å². The molecule has 0 aliphatic heterocycles. The zero-order valence-corrected chi connectivity index (χ0v) is 8.95. The molecule has 1 N–H and O–H groups in total. The molecule has 0 amide bonds. The van der Waals surface area contributed by atoms with E-state index in [0.29, 0.717) is 0 Å². The van der Waals surface area contributed by atoms with Crippen molar-refractivity contribution in [1.29, 1.82) is 0 Å². The zero-order chi connectivity index (χ0) is 6.71. The van der Waals surface area contributed by atoms with Crippen LogP contribution in [0.2, 0.25) is 0 Å². The Balaban J connectivity index is -0.0000000147. The summed E-state index contributed by atoms with van der Waals surface area (Å²) in [5, 5.41) is 7.46. The molecule has 1 nitrogen and oxygen atoms in total. The van der Waals surface area contributed by atoms with E-state index in [-0.39, 0.29) is 26.1 Å². The standard InChI is InChI=1S/C2H5O.2C2H5.Zn/c1-2-3;2*1-2;/h3H,1-2H2;2*1H2,2H3;/q3*-1;. The Hall–Kier alpha value is 0.583. The van der Waals surface area contributed by atoms with E-state index in [1.165, 1.54) is 0 Å². The molecule has 0 bridgehead atoms. The van der Waals surface area contributed by atoms with Crippen molar-refractivity contribution in [3.63, 3.8) is 0 Å². The molecule has 0 aromatic heterocycles. The summed E-state index contributed by atoms with van der Waals surface area (Å²) < 4.78 is 0. The van der Waals surface area contributed by atoms with Crippen molar-refractivity contribution in [3.8, 4) is 0 Å². The number of rotatable bonds is 0. The molecule has 0 aliphatic rings. The quantitative estimate of drug-likeness (QED) is 0.429. The van der Waals surface area contributed by atoms with Crippen LogP contribution in [0.15, 0.2) is 0 Å². The first-order chi connectivity index (χ1) is 3.41. The summed E-state index contributed by atoms with van der Waals surface area (Å²) in [6.07, 6.45) is 0. The molecule has 0 aliphatic carbocycles. The molecule has 8 heavy (non-hydrogen) atoms. The monoisotopic (exact) mass is 167 g/mol. The van der Waals surface area contributed by atoms with Crippen molar-refractivity contribution in [2.45, 2.75) is 13.8 Å². The average molecular weight is 169 g/mol. The van der Waals surface area contributed by atoms with E-state index < -0.39 is 0 Å². The van der Waals surface area contributed by atoms with Crippen LogP contribution >= 0.6 is 0 Å². The molecule has 2 heteroatoms. The van der Waals surface area contributed by atoms with Crippen LogP contribution in [0.4, 0.5) is 0 Å². The minimum absolute atomic E-state index is 0. The first-order valence-electron chi connectivity index (χ1n) is 2.23. The van der Waals surface area contributed by atoms with Crippen LogP contribution in [0.1, 0.15) is 13.8 Å². The summed E-state index contributed by atoms with van der Waals surface area (Å²) in [6.45, 7) is 13.0. The summed E-state index contributed by atoms with van der Waals surface area (Å²) in [7, 11) is 0. The second-order valence-electron chi connectivity index (χ2n) is 0.224. The van der Waals surface area contributed by atoms with E-state index >= 15 is 0 Å². The van der Waals surface area contributed by atoms with E-state index in [2.05, 4.69) is 20.8 Å². The third-order valence-corrected chi connectivity index (χ3v) is 0. The molecule has 0 fully saturated rings. The zero-order valence-electron chi connectivity index (χ0n) is 5.98. The molecule has 0 atom stereocenters. The Morgan fingerprint density at radius 2 is 1.12 bits per heavy atom. The molecular formula is C6H15OZn-3. The Labute approximate surface area is 66.3 Å². The van der Waals surface area contributed by atoms with Gasteiger partial charge in [-0.25, -0.2) is 0 Å². The van der Waals surface area contributed by atoms with E-state index in [1.54, 1.807) is 13.8 Å². The van der Waals surface area contributed by atoms with Crippen LogP contribution in [0, 0.1) is 20.8 Å². The molecule has 0 unspecified atom stereocenters. The minimum Gasteiger partial charge on any atom is -0.428 e. The van der Waals surface area contributed by atoms with Gasteiger partial charge in [-0.1, -0.05) is 6.61 Å². The van der Waals surface area contributed by atoms with Gasteiger partial charge in [-0.2, -0.15) is 13.8 Å². The molecular weight excluding hydrogens is 153 g/mol. The molecule has 50 valence electrons. The van der Waals surface area contributed by atoms with Crippen LogP contribution < -0.4 is 0 Å². The number of hydrogen-bond acceptors (Lipinski definition) is 1. The third kappa shape index (κ3) is 603. The Kier molecular flexibility index (Phi) is 385. The van der Waals surface area contributed by atoms with Crippen molar-refractivity contribution in [3.05, 3.63) is 20.8 Å². The molecule has 0 rings (SSSR count). The van der Waals surface area contributed by atoms with Crippen molar-refractivity contribution in [2.75, 3.05) is 6.61 Å². The van der Waals surface area contributed by atoms with Gasteiger partial charge in [0.05, 0.1) is 0 Å². The van der Waals surface area contributed by atoms with Gasteiger partial charge in [-0.05, 0) is 0 Å². The van der Waals surface area contributed by atoms with Crippen LogP contribution in [0.5, 0.6) is 0 Å². The Morgan fingerprint density at radius 3 is 1.12 bits per heavy atom. The first kappa shape index (κ1) is 23.5. The second-order valence-corrected chi connectivity index (χ2v) is 0.224. The van der Waals surface area contributed by atoms with E-state index in [1.807, 2.05) is 0 Å². The van der Waals surface area contributed by atoms with E-state index in [0.717, 1.165) is 0 Å². The smallest absolute Gasteiger partial charge is 0 e. The van der Waals surface area contributed by atoms with Gasteiger partial charge < -0.3 is 25.9 Å². The summed E-state index contributed by atoms with van der Waals surface area (Å²) in [4.78, 5) is 0. The van der Waals surface area contributed by atoms with Crippen LogP contribution in [-0.4, -0.2) is 11.7 Å². The van der Waals surface area contributed by atoms with Crippen molar-refractivity contribution in [2.24, 2.45) is 0 Å². The van der Waals surface area contributed by atoms with Gasteiger partial charge >= 0.3 is 0 Å². The maximum Gasteiger partial charge on any atom is 0 e. The average Bonchev–Trinajstić information content (AvgIpc) is 1.78. The van der Waals surface area contributed by atoms with Gasteiger partial charge in [0.15, 0.2) is 0 Å². The summed E-state index contributed by atoms with van der Waals surface area (Å²) in [5.41, 5.74) is 0. The van der Waals surface area contributed by atoms with Crippen molar-refractivity contribution >= 4 is 0 Å². The largest absolute Gasteiger partial charge is 0.428 e. The number of aliphatic hydroxyl groups excluding tert-OH is 1. The van der Waals surface area contributed by atoms with Crippen molar-refractivity contribution in [1.82, 2.24) is 0 Å². The minimum atomic E-state index is 0. The second kappa shape index (κ2) is 131. The predicted octanol–water partition coefficient (Wildman–Crippen LogP) is 1.49. The summed E-state index contributed by atoms with van der Waals surface area (Å²) in [6, 6.07) is 0.